The highest BCUT2D eigenvalue weighted by Gasteiger charge is 2.02. The molecule has 0 saturated carbocycles. The van der Waals surface area contributed by atoms with Crippen LogP contribution in [-0.4, -0.2) is 15.8 Å². The Balaban J connectivity index is 1.85. The van der Waals surface area contributed by atoms with Gasteiger partial charge in [-0.25, -0.2) is 4.98 Å². The van der Waals surface area contributed by atoms with E-state index in [4.69, 9.17) is 0 Å². The van der Waals surface area contributed by atoms with Crippen LogP contribution in [-0.2, 0) is 0 Å². The molecule has 0 spiro atoms. The molecule has 102 valence electrons. The number of aromatic nitrogens is 2. The fourth-order valence-electron chi connectivity index (χ4n) is 1.95. The maximum atomic E-state index is 12.1. The van der Waals surface area contributed by atoms with E-state index in [2.05, 4.69) is 25.9 Å². The summed E-state index contributed by atoms with van der Waals surface area (Å²) in [6.07, 6.45) is 4.86. The Hall–Kier alpha value is -2.33. The van der Waals surface area contributed by atoms with Gasteiger partial charge in [0.25, 0.3) is 0 Å². The lowest BCUT2D eigenvalue weighted by atomic mass is 10.1. The van der Waals surface area contributed by atoms with Gasteiger partial charge in [0.1, 0.15) is 0 Å². The zero-order valence-corrected chi connectivity index (χ0v) is 12.6. The Morgan fingerprint density at radius 1 is 1.05 bits per heavy atom. The van der Waals surface area contributed by atoms with Gasteiger partial charge in [0.05, 0.1) is 22.9 Å². The molecule has 0 aliphatic rings. The molecule has 0 aliphatic carbocycles. The third-order valence-corrected chi connectivity index (χ3v) is 3.48. The number of carbonyl (C=O) groups is 1. The molecule has 0 fully saturated rings. The summed E-state index contributed by atoms with van der Waals surface area (Å²) in [6, 6.07) is 14.9. The predicted molar refractivity (Wildman–Crippen MR) is 87.0 cm³/mol. The number of para-hydroxylation sites is 2. The second kappa shape index (κ2) is 5.97. The van der Waals surface area contributed by atoms with Crippen LogP contribution >= 0.6 is 15.9 Å². The number of fused-ring (bicyclic) bond motifs is 1. The largest absolute Gasteiger partial charge is 0.289 e. The number of allylic oxidation sites excluding steroid dienone is 1. The van der Waals surface area contributed by atoms with Crippen molar-refractivity contribution in [3.63, 3.8) is 0 Å². The molecule has 0 atom stereocenters. The number of carbonyl (C=O) groups excluding carboxylic acids is 1. The second-order valence-corrected chi connectivity index (χ2v) is 5.41. The molecule has 0 bridgehead atoms. The Bertz CT molecular complexity index is 843. The average Bonchev–Trinajstić information content (AvgIpc) is 2.52. The molecule has 0 N–H and O–H groups in total. The standard InChI is InChI=1S/C17H11BrN2O/c18-13-5-3-4-12(10-13)17(21)9-8-14-11-19-15-6-1-2-7-16(15)20-14/h1-11H/b9-8+. The van der Waals surface area contributed by atoms with Crippen molar-refractivity contribution < 1.29 is 4.79 Å². The van der Waals surface area contributed by atoms with Crippen molar-refractivity contribution in [1.29, 1.82) is 0 Å². The summed E-state index contributed by atoms with van der Waals surface area (Å²) in [7, 11) is 0. The summed E-state index contributed by atoms with van der Waals surface area (Å²) in [6.45, 7) is 0. The van der Waals surface area contributed by atoms with Gasteiger partial charge in [-0.2, -0.15) is 0 Å². The topological polar surface area (TPSA) is 42.9 Å². The molecule has 4 heteroatoms. The first-order chi connectivity index (χ1) is 10.2. The molecule has 3 rings (SSSR count). The third kappa shape index (κ3) is 3.23. The van der Waals surface area contributed by atoms with Crippen molar-refractivity contribution in [2.45, 2.75) is 0 Å². The van der Waals surface area contributed by atoms with Crippen LogP contribution in [0.15, 0.2) is 65.3 Å². The van der Waals surface area contributed by atoms with Gasteiger partial charge in [-0.05, 0) is 36.4 Å². The van der Waals surface area contributed by atoms with E-state index in [0.29, 0.717) is 11.3 Å². The molecule has 0 unspecified atom stereocenters. The van der Waals surface area contributed by atoms with Crippen LogP contribution in [0.2, 0.25) is 0 Å². The molecular weight excluding hydrogens is 328 g/mol. The van der Waals surface area contributed by atoms with Crippen molar-refractivity contribution in [3.05, 3.63) is 76.5 Å². The highest BCUT2D eigenvalue weighted by Crippen LogP contribution is 2.13. The van der Waals surface area contributed by atoms with Gasteiger partial charge in [0, 0.05) is 10.0 Å². The monoisotopic (exact) mass is 338 g/mol. The first-order valence-corrected chi connectivity index (χ1v) is 7.21. The van der Waals surface area contributed by atoms with Gasteiger partial charge in [0.2, 0.25) is 0 Å². The number of halogens is 1. The van der Waals surface area contributed by atoms with Crippen LogP contribution in [0.4, 0.5) is 0 Å². The van der Waals surface area contributed by atoms with Crippen molar-refractivity contribution in [2.75, 3.05) is 0 Å². The molecule has 0 radical (unpaired) electrons. The van der Waals surface area contributed by atoms with Crippen LogP contribution in [0.3, 0.4) is 0 Å². The maximum absolute atomic E-state index is 12.1. The molecule has 0 aliphatic heterocycles. The molecule has 2 aromatic carbocycles. The quantitative estimate of drug-likeness (QED) is 0.528. The summed E-state index contributed by atoms with van der Waals surface area (Å²) in [5.74, 6) is -0.0636. The first-order valence-electron chi connectivity index (χ1n) is 6.42. The minimum atomic E-state index is -0.0636. The van der Waals surface area contributed by atoms with E-state index >= 15 is 0 Å². The minimum absolute atomic E-state index is 0.0636. The van der Waals surface area contributed by atoms with Gasteiger partial charge in [-0.1, -0.05) is 40.2 Å². The SMILES string of the molecule is O=C(/C=C/c1cnc2ccccc2n1)c1cccc(Br)c1. The maximum Gasteiger partial charge on any atom is 0.185 e. The van der Waals surface area contributed by atoms with Crippen LogP contribution < -0.4 is 0 Å². The van der Waals surface area contributed by atoms with Crippen molar-refractivity contribution >= 4 is 38.8 Å². The zero-order valence-electron chi connectivity index (χ0n) is 11.0. The normalized spacial score (nSPS) is 11.1. The zero-order chi connectivity index (χ0) is 14.7. The van der Waals surface area contributed by atoms with Crippen LogP contribution in [0.25, 0.3) is 17.1 Å². The smallest absolute Gasteiger partial charge is 0.185 e. The Labute approximate surface area is 130 Å². The molecule has 1 aromatic heterocycles. The van der Waals surface area contributed by atoms with Gasteiger partial charge < -0.3 is 0 Å². The van der Waals surface area contributed by atoms with E-state index < -0.39 is 0 Å². The number of hydrogen-bond acceptors (Lipinski definition) is 3. The molecule has 3 aromatic rings. The van der Waals surface area contributed by atoms with E-state index in [1.807, 2.05) is 36.4 Å². The lowest BCUT2D eigenvalue weighted by Gasteiger charge is -1.98. The first kappa shape index (κ1) is 13.6. The van der Waals surface area contributed by atoms with Crippen LogP contribution in [0, 0.1) is 0 Å². The van der Waals surface area contributed by atoms with Crippen molar-refractivity contribution in [3.8, 4) is 0 Å². The van der Waals surface area contributed by atoms with E-state index in [0.717, 1.165) is 15.5 Å². The van der Waals surface area contributed by atoms with Gasteiger partial charge in [-0.15, -0.1) is 0 Å². The number of benzene rings is 2. The van der Waals surface area contributed by atoms with Crippen molar-refractivity contribution in [2.24, 2.45) is 0 Å². The van der Waals surface area contributed by atoms with Gasteiger partial charge >= 0.3 is 0 Å². The lowest BCUT2D eigenvalue weighted by molar-refractivity contribution is 0.104. The summed E-state index contributed by atoms with van der Waals surface area (Å²) in [5, 5.41) is 0. The fourth-order valence-corrected chi connectivity index (χ4v) is 2.35. The van der Waals surface area contributed by atoms with Crippen molar-refractivity contribution in [1.82, 2.24) is 9.97 Å². The predicted octanol–water partition coefficient (Wildman–Crippen LogP) is 4.29. The van der Waals surface area contributed by atoms with E-state index in [1.165, 1.54) is 6.08 Å². The number of ketones is 1. The minimum Gasteiger partial charge on any atom is -0.289 e. The van der Waals surface area contributed by atoms with Gasteiger partial charge in [-0.3, -0.25) is 9.78 Å². The number of rotatable bonds is 3. The van der Waals surface area contributed by atoms with Crippen LogP contribution in [0.5, 0.6) is 0 Å². The van der Waals surface area contributed by atoms with E-state index in [1.54, 1.807) is 24.4 Å². The molecule has 0 amide bonds. The summed E-state index contributed by atoms with van der Waals surface area (Å²) in [4.78, 5) is 20.8. The van der Waals surface area contributed by atoms with E-state index in [9.17, 15) is 4.79 Å². The van der Waals surface area contributed by atoms with E-state index in [-0.39, 0.29) is 5.78 Å². The molecular formula is C17H11BrN2O. The second-order valence-electron chi connectivity index (χ2n) is 4.49. The summed E-state index contributed by atoms with van der Waals surface area (Å²) in [5.41, 5.74) is 2.95. The molecule has 3 nitrogen and oxygen atoms in total. The number of nitrogens with zero attached hydrogens (tertiary/aromatic N) is 2. The fraction of sp³-hybridized carbons (Fsp3) is 0. The third-order valence-electron chi connectivity index (χ3n) is 2.98. The van der Waals surface area contributed by atoms with Gasteiger partial charge in [0.15, 0.2) is 5.78 Å². The Morgan fingerprint density at radius 3 is 2.67 bits per heavy atom. The Kier molecular flexibility index (Phi) is 3.88. The molecule has 21 heavy (non-hydrogen) atoms. The highest BCUT2D eigenvalue weighted by molar-refractivity contribution is 9.10. The highest BCUT2D eigenvalue weighted by atomic mass is 79.9. The average molecular weight is 339 g/mol. The number of hydrogen-bond donors (Lipinski definition) is 0. The Morgan fingerprint density at radius 2 is 1.86 bits per heavy atom. The molecule has 1 heterocycles. The summed E-state index contributed by atoms with van der Waals surface area (Å²) < 4.78 is 0.882. The lowest BCUT2D eigenvalue weighted by Crippen LogP contribution is -1.94. The molecule has 0 saturated heterocycles. The van der Waals surface area contributed by atoms with Crippen LogP contribution in [0.1, 0.15) is 16.1 Å². The summed E-state index contributed by atoms with van der Waals surface area (Å²) >= 11 is 3.35.